The van der Waals surface area contributed by atoms with Crippen molar-refractivity contribution in [2.75, 3.05) is 19.0 Å². The van der Waals surface area contributed by atoms with E-state index < -0.39 is 12.1 Å². The molecule has 0 aromatic heterocycles. The number of anilines is 1. The van der Waals surface area contributed by atoms with Gasteiger partial charge in [-0.05, 0) is 36.8 Å². The maximum Gasteiger partial charge on any atom is 0.573 e. The molecule has 0 spiro atoms. The van der Waals surface area contributed by atoms with E-state index in [1.54, 1.807) is 12.1 Å². The van der Waals surface area contributed by atoms with E-state index in [0.29, 0.717) is 28.7 Å². The molecule has 0 fully saturated rings. The van der Waals surface area contributed by atoms with Gasteiger partial charge in [0.15, 0.2) is 23.2 Å². The summed E-state index contributed by atoms with van der Waals surface area (Å²) in [7, 11) is 1.48. The van der Waals surface area contributed by atoms with Crippen molar-refractivity contribution in [1.29, 1.82) is 0 Å². The number of hydrogen-bond donors (Lipinski definition) is 2. The zero-order valence-electron chi connectivity index (χ0n) is 15.1. The first-order chi connectivity index (χ1) is 13.2. The van der Waals surface area contributed by atoms with E-state index in [1.165, 1.54) is 31.4 Å². The van der Waals surface area contributed by atoms with Crippen LogP contribution in [0.5, 0.6) is 17.2 Å². The van der Waals surface area contributed by atoms with Crippen LogP contribution in [0.15, 0.2) is 41.4 Å². The van der Waals surface area contributed by atoms with Gasteiger partial charge in [0.05, 0.1) is 31.0 Å². The summed E-state index contributed by atoms with van der Waals surface area (Å²) in [5.41, 5.74) is 6.49. The lowest BCUT2D eigenvalue weighted by atomic mass is 10.2. The van der Waals surface area contributed by atoms with Crippen molar-refractivity contribution in [2.45, 2.75) is 19.8 Å². The van der Waals surface area contributed by atoms with Gasteiger partial charge in [-0.25, -0.2) is 4.99 Å². The van der Waals surface area contributed by atoms with Crippen LogP contribution in [0.2, 0.25) is 5.02 Å². The van der Waals surface area contributed by atoms with Gasteiger partial charge < -0.3 is 25.3 Å². The molecular formula is C18H19ClF3N3O3. The van der Waals surface area contributed by atoms with E-state index >= 15 is 0 Å². The Balaban J connectivity index is 2.15. The number of rotatable bonds is 7. The molecule has 152 valence electrons. The van der Waals surface area contributed by atoms with Crippen LogP contribution in [0.4, 0.5) is 18.9 Å². The van der Waals surface area contributed by atoms with Crippen molar-refractivity contribution in [3.63, 3.8) is 0 Å². The smallest absolute Gasteiger partial charge is 0.493 e. The van der Waals surface area contributed by atoms with Gasteiger partial charge in [0, 0.05) is 0 Å². The zero-order valence-corrected chi connectivity index (χ0v) is 15.9. The number of guanidine groups is 1. The molecule has 0 amide bonds. The quantitative estimate of drug-likeness (QED) is 0.509. The average molecular weight is 418 g/mol. The van der Waals surface area contributed by atoms with E-state index in [1.807, 2.05) is 6.92 Å². The fourth-order valence-electron chi connectivity index (χ4n) is 2.29. The number of nitrogens with one attached hydrogen (secondary N) is 1. The van der Waals surface area contributed by atoms with Crippen LogP contribution in [0.3, 0.4) is 0 Å². The fourth-order valence-corrected chi connectivity index (χ4v) is 2.57. The highest BCUT2D eigenvalue weighted by molar-refractivity contribution is 6.32. The second kappa shape index (κ2) is 9.41. The van der Waals surface area contributed by atoms with Crippen molar-refractivity contribution in [3.05, 3.63) is 47.0 Å². The van der Waals surface area contributed by atoms with Gasteiger partial charge in [-0.3, -0.25) is 0 Å². The first-order valence-electron chi connectivity index (χ1n) is 8.14. The maximum atomic E-state index is 12.5. The van der Waals surface area contributed by atoms with Crippen LogP contribution < -0.4 is 25.3 Å². The molecule has 2 rings (SSSR count). The van der Waals surface area contributed by atoms with Gasteiger partial charge in [-0.1, -0.05) is 23.7 Å². The highest BCUT2D eigenvalue weighted by Crippen LogP contribution is 2.36. The predicted octanol–water partition coefficient (Wildman–Crippen LogP) is 4.57. The predicted molar refractivity (Wildman–Crippen MR) is 101 cm³/mol. The van der Waals surface area contributed by atoms with E-state index in [9.17, 15) is 13.2 Å². The Bertz CT molecular complexity index is 845. The van der Waals surface area contributed by atoms with Gasteiger partial charge in [0.2, 0.25) is 0 Å². The van der Waals surface area contributed by atoms with Crippen LogP contribution in [0.1, 0.15) is 12.5 Å². The van der Waals surface area contributed by atoms with Crippen LogP contribution in [0, 0.1) is 0 Å². The summed E-state index contributed by atoms with van der Waals surface area (Å²) in [6.45, 7) is 2.36. The Labute approximate surface area is 165 Å². The SMILES string of the molecule is CCOc1c(Cl)cc(CN=C(N)Nc2ccccc2OC(F)(F)F)cc1OC. The molecule has 0 heterocycles. The minimum Gasteiger partial charge on any atom is -0.493 e. The molecule has 0 aliphatic heterocycles. The summed E-state index contributed by atoms with van der Waals surface area (Å²) in [6.07, 6.45) is -4.82. The van der Waals surface area contributed by atoms with Crippen molar-refractivity contribution in [1.82, 2.24) is 0 Å². The van der Waals surface area contributed by atoms with Crippen molar-refractivity contribution >= 4 is 23.2 Å². The van der Waals surface area contributed by atoms with E-state index in [-0.39, 0.29) is 18.2 Å². The second-order valence-electron chi connectivity index (χ2n) is 5.41. The lowest BCUT2D eigenvalue weighted by molar-refractivity contribution is -0.274. The summed E-state index contributed by atoms with van der Waals surface area (Å²) in [5, 5.41) is 2.94. The molecule has 0 unspecified atom stereocenters. The minimum absolute atomic E-state index is 0.0309. The summed E-state index contributed by atoms with van der Waals surface area (Å²) in [5.74, 6) is 0.347. The number of halogens is 4. The summed E-state index contributed by atoms with van der Waals surface area (Å²) < 4.78 is 52.1. The lowest BCUT2D eigenvalue weighted by Crippen LogP contribution is -2.24. The van der Waals surface area contributed by atoms with E-state index in [2.05, 4.69) is 15.0 Å². The molecule has 0 radical (unpaired) electrons. The molecule has 6 nitrogen and oxygen atoms in total. The molecule has 10 heteroatoms. The fraction of sp³-hybridized carbons (Fsp3) is 0.278. The van der Waals surface area contributed by atoms with E-state index in [0.717, 1.165) is 0 Å². The van der Waals surface area contributed by atoms with Crippen molar-refractivity contribution in [3.8, 4) is 17.2 Å². The molecule has 0 bridgehead atoms. The monoisotopic (exact) mass is 417 g/mol. The largest absolute Gasteiger partial charge is 0.573 e. The Morgan fingerprint density at radius 2 is 1.93 bits per heavy atom. The highest BCUT2D eigenvalue weighted by Gasteiger charge is 2.32. The molecule has 0 saturated carbocycles. The second-order valence-corrected chi connectivity index (χ2v) is 5.82. The average Bonchev–Trinajstić information content (AvgIpc) is 2.62. The van der Waals surface area contributed by atoms with Gasteiger partial charge in [0.25, 0.3) is 0 Å². The Morgan fingerprint density at radius 1 is 1.21 bits per heavy atom. The van der Waals surface area contributed by atoms with E-state index in [4.69, 9.17) is 26.8 Å². The Morgan fingerprint density at radius 3 is 2.57 bits per heavy atom. The number of benzene rings is 2. The Hall–Kier alpha value is -2.81. The molecule has 0 aliphatic rings. The molecule has 2 aromatic carbocycles. The summed E-state index contributed by atoms with van der Waals surface area (Å²) >= 11 is 6.20. The number of aliphatic imine (C=N–C) groups is 1. The number of methoxy groups -OCH3 is 1. The van der Waals surface area contributed by atoms with Crippen LogP contribution >= 0.6 is 11.6 Å². The molecule has 0 saturated heterocycles. The number of hydrogen-bond acceptors (Lipinski definition) is 4. The third kappa shape index (κ3) is 6.12. The molecule has 3 N–H and O–H groups in total. The zero-order chi connectivity index (χ0) is 20.7. The van der Waals surface area contributed by atoms with Crippen molar-refractivity contribution in [2.24, 2.45) is 10.7 Å². The molecule has 28 heavy (non-hydrogen) atoms. The summed E-state index contributed by atoms with van der Waals surface area (Å²) in [6, 6.07) is 8.84. The van der Waals surface area contributed by atoms with Crippen molar-refractivity contribution < 1.29 is 27.4 Å². The normalized spacial score (nSPS) is 11.9. The number of nitrogens with two attached hydrogens (primary N) is 1. The van der Waals surface area contributed by atoms with Gasteiger partial charge in [0.1, 0.15) is 0 Å². The molecule has 0 atom stereocenters. The first kappa shape index (κ1) is 21.5. The maximum absolute atomic E-state index is 12.5. The van der Waals surface area contributed by atoms with Crippen LogP contribution in [-0.4, -0.2) is 26.0 Å². The molecule has 0 aliphatic carbocycles. The van der Waals surface area contributed by atoms with Gasteiger partial charge >= 0.3 is 6.36 Å². The van der Waals surface area contributed by atoms with Crippen LogP contribution in [-0.2, 0) is 6.54 Å². The third-order valence-electron chi connectivity index (χ3n) is 3.39. The number of para-hydroxylation sites is 2. The number of nitrogens with zero attached hydrogens (tertiary/aromatic N) is 1. The Kier molecular flexibility index (Phi) is 7.22. The number of ether oxygens (including phenoxy) is 3. The van der Waals surface area contributed by atoms with Crippen LogP contribution in [0.25, 0.3) is 0 Å². The van der Waals surface area contributed by atoms with Gasteiger partial charge in [-0.15, -0.1) is 13.2 Å². The minimum atomic E-state index is -4.82. The standard InChI is InChI=1S/C18H19ClF3N3O3/c1-3-27-16-12(19)8-11(9-15(16)26-2)10-24-17(23)25-13-6-4-5-7-14(13)28-18(20,21)22/h4-9H,3,10H2,1-2H3,(H3,23,24,25). The summed E-state index contributed by atoms with van der Waals surface area (Å²) in [4.78, 5) is 4.11. The highest BCUT2D eigenvalue weighted by atomic mass is 35.5. The first-order valence-corrected chi connectivity index (χ1v) is 8.52. The third-order valence-corrected chi connectivity index (χ3v) is 3.67. The number of alkyl halides is 3. The lowest BCUT2D eigenvalue weighted by Gasteiger charge is -2.14. The molecule has 2 aromatic rings. The van der Waals surface area contributed by atoms with Gasteiger partial charge in [-0.2, -0.15) is 0 Å². The topological polar surface area (TPSA) is 78.1 Å². The molecular weight excluding hydrogens is 399 g/mol.